The standard InChI is InChI=1S/C71H130N12O15/c1-27-49-64(91)81(24)54(39-84)67(94)78(21)51(36-41(4)5)61(88)76-55(44(10)11)68(95)77(20)50(34-33-40(2)3)60(87)73-47(15)59(86)74-48(16)63(90)79(22)52(37-42(6)7)65(92)80(23)53(38-43(8)9)66(93)82(25)56(45(12)13)69(96)83(26)57(62(89)75-49)58(85)46(14)32-30-28-29-31-35-72-70(97)98-71(17,18)19/h40-58,84-85H,27-39H2,1-26H3,(H,72,97)(H,73,87)(H,74,86)(H,75,89)(H,76,88)/t46-,47-,48+,49+,50-,51+,52+,53+,54-,55-,56+,57+,58-/m1/s1. The summed E-state index contributed by atoms with van der Waals surface area (Å²) in [4.78, 5) is 183. The van der Waals surface area contributed by atoms with E-state index in [1.54, 1.807) is 62.3 Å². The number of hydrogen-bond acceptors (Lipinski definition) is 15. The molecular weight excluding hydrogens is 1260 g/mol. The van der Waals surface area contributed by atoms with Crippen molar-refractivity contribution in [2.45, 2.75) is 280 Å². The minimum absolute atomic E-state index is 0.0573. The molecule has 98 heavy (non-hydrogen) atoms. The molecule has 0 aromatic rings. The van der Waals surface area contributed by atoms with E-state index in [1.807, 2.05) is 55.4 Å². The minimum atomic E-state index is -1.71. The fourth-order valence-electron chi connectivity index (χ4n) is 12.2. The lowest BCUT2D eigenvalue weighted by molar-refractivity contribution is -0.157. The Bertz CT molecular complexity index is 2650. The molecule has 0 aliphatic carbocycles. The van der Waals surface area contributed by atoms with Crippen molar-refractivity contribution >= 4 is 71.1 Å². The van der Waals surface area contributed by atoms with E-state index >= 15 is 19.2 Å². The van der Waals surface area contributed by atoms with E-state index in [-0.39, 0.29) is 55.8 Å². The Hall–Kier alpha value is -6.64. The highest BCUT2D eigenvalue weighted by Gasteiger charge is 2.46. The summed E-state index contributed by atoms with van der Waals surface area (Å²) < 4.78 is 5.34. The van der Waals surface area contributed by atoms with E-state index < -0.39 is 174 Å². The van der Waals surface area contributed by atoms with Crippen LogP contribution in [0.15, 0.2) is 0 Å². The fraction of sp³-hybridized carbons (Fsp3) is 0.831. The van der Waals surface area contributed by atoms with E-state index in [4.69, 9.17) is 4.74 Å². The molecule has 1 saturated heterocycles. The number of nitrogens with zero attached hydrogens (tertiary/aromatic N) is 7. The van der Waals surface area contributed by atoms with E-state index in [0.717, 1.165) is 14.7 Å². The van der Waals surface area contributed by atoms with E-state index in [1.165, 1.54) is 82.8 Å². The molecule has 27 heteroatoms. The van der Waals surface area contributed by atoms with Crippen LogP contribution in [0.4, 0.5) is 4.79 Å². The Kier molecular flexibility index (Phi) is 37.6. The summed E-state index contributed by atoms with van der Waals surface area (Å²) in [5, 5.41) is 37.2. The van der Waals surface area contributed by atoms with Gasteiger partial charge in [-0.25, -0.2) is 4.79 Å². The molecule has 1 fully saturated rings. The molecule has 1 aliphatic heterocycles. The van der Waals surface area contributed by atoms with Crippen molar-refractivity contribution in [3.8, 4) is 0 Å². The van der Waals surface area contributed by atoms with Gasteiger partial charge in [0.25, 0.3) is 0 Å². The second-order valence-electron chi connectivity index (χ2n) is 30.7. The first kappa shape index (κ1) is 89.4. The average Bonchev–Trinajstić information content (AvgIpc) is 0.808. The highest BCUT2D eigenvalue weighted by Crippen LogP contribution is 2.27. The van der Waals surface area contributed by atoms with Crippen LogP contribution in [0.3, 0.4) is 0 Å². The van der Waals surface area contributed by atoms with Crippen LogP contribution in [0.5, 0.6) is 0 Å². The highest BCUT2D eigenvalue weighted by molar-refractivity contribution is 6.00. The van der Waals surface area contributed by atoms with Gasteiger partial charge in [-0.1, -0.05) is 116 Å². The summed E-state index contributed by atoms with van der Waals surface area (Å²) in [5.41, 5.74) is -0.661. The van der Waals surface area contributed by atoms with Crippen molar-refractivity contribution in [3.05, 3.63) is 0 Å². The molecule has 27 nitrogen and oxygen atoms in total. The molecule has 564 valence electrons. The quantitative estimate of drug-likeness (QED) is 0.0733. The monoisotopic (exact) mass is 1390 g/mol. The molecule has 7 N–H and O–H groups in total. The number of ether oxygens (including phenoxy) is 1. The molecule has 13 atom stereocenters. The number of amides is 12. The van der Waals surface area contributed by atoms with Crippen molar-refractivity contribution < 1.29 is 72.5 Å². The van der Waals surface area contributed by atoms with Crippen LogP contribution in [0.25, 0.3) is 0 Å². The predicted octanol–water partition coefficient (Wildman–Crippen LogP) is 4.53. The van der Waals surface area contributed by atoms with Gasteiger partial charge < -0.3 is 75.8 Å². The van der Waals surface area contributed by atoms with Gasteiger partial charge in [0, 0.05) is 55.9 Å². The van der Waals surface area contributed by atoms with Crippen LogP contribution in [0.1, 0.15) is 202 Å². The maximum absolute atomic E-state index is 15.4. The number of aliphatic hydroxyl groups excluding tert-OH is 2. The van der Waals surface area contributed by atoms with E-state index in [2.05, 4.69) is 26.6 Å². The van der Waals surface area contributed by atoms with Crippen LogP contribution in [0.2, 0.25) is 0 Å². The van der Waals surface area contributed by atoms with Gasteiger partial charge in [-0.15, -0.1) is 0 Å². The lowest BCUT2D eigenvalue weighted by Crippen LogP contribution is -2.64. The molecule has 0 spiro atoms. The normalized spacial score (nSPS) is 25.7. The first-order valence-electron chi connectivity index (χ1n) is 35.6. The number of nitrogens with one attached hydrogen (secondary N) is 5. The number of alkyl carbamates (subject to hydrolysis) is 1. The number of rotatable bonds is 22. The minimum Gasteiger partial charge on any atom is -0.444 e. The first-order valence-corrected chi connectivity index (χ1v) is 35.6. The smallest absolute Gasteiger partial charge is 0.407 e. The van der Waals surface area contributed by atoms with Crippen LogP contribution in [0, 0.1) is 41.4 Å². The third kappa shape index (κ3) is 26.8. The molecule has 0 bridgehead atoms. The number of carbonyl (C=O) groups is 12. The van der Waals surface area contributed by atoms with Crippen LogP contribution in [-0.4, -0.2) is 256 Å². The highest BCUT2D eigenvalue weighted by atomic mass is 16.6. The number of unbranched alkanes of at least 4 members (excludes halogenated alkanes) is 3. The fourth-order valence-corrected chi connectivity index (χ4v) is 12.2. The molecule has 0 saturated carbocycles. The zero-order valence-electron chi connectivity index (χ0n) is 64.5. The average molecular weight is 1390 g/mol. The van der Waals surface area contributed by atoms with E-state index in [0.29, 0.717) is 45.1 Å². The number of aliphatic hydroxyl groups is 2. The van der Waals surface area contributed by atoms with Crippen molar-refractivity contribution in [2.24, 2.45) is 41.4 Å². The van der Waals surface area contributed by atoms with E-state index in [9.17, 15) is 48.6 Å². The van der Waals surface area contributed by atoms with Crippen molar-refractivity contribution in [1.29, 1.82) is 0 Å². The van der Waals surface area contributed by atoms with Gasteiger partial charge in [0.2, 0.25) is 65.0 Å². The summed E-state index contributed by atoms with van der Waals surface area (Å²) in [6.07, 6.45) is 1.67. The summed E-state index contributed by atoms with van der Waals surface area (Å²) in [7, 11) is 9.65. The number of carbonyl (C=O) groups excluding carboxylic acids is 12. The lowest BCUT2D eigenvalue weighted by Gasteiger charge is -2.41. The second-order valence-corrected chi connectivity index (χ2v) is 30.7. The second kappa shape index (κ2) is 41.2. The molecular formula is C71H130N12O15. The van der Waals surface area contributed by atoms with Gasteiger partial charge in [0.15, 0.2) is 0 Å². The topological polar surface area (TPSA) is 337 Å². The molecule has 12 amide bonds. The lowest BCUT2D eigenvalue weighted by atomic mass is 9.90. The molecule has 0 unspecified atom stereocenters. The van der Waals surface area contributed by atoms with Crippen LogP contribution >= 0.6 is 0 Å². The zero-order valence-corrected chi connectivity index (χ0v) is 64.5. The number of likely N-dealkylation sites (N-methyl/N-ethyl adjacent to an activating group) is 7. The zero-order chi connectivity index (χ0) is 75.9. The van der Waals surface area contributed by atoms with Gasteiger partial charge in [-0.3, -0.25) is 52.7 Å². The van der Waals surface area contributed by atoms with Crippen LogP contribution in [-0.2, 0) is 57.5 Å². The van der Waals surface area contributed by atoms with Gasteiger partial charge in [-0.05, 0) is 127 Å². The molecule has 0 radical (unpaired) electrons. The maximum Gasteiger partial charge on any atom is 0.407 e. The van der Waals surface area contributed by atoms with Gasteiger partial charge in [0.05, 0.1) is 12.7 Å². The summed E-state index contributed by atoms with van der Waals surface area (Å²) in [5.74, 6) is -10.6. The van der Waals surface area contributed by atoms with Crippen molar-refractivity contribution in [1.82, 2.24) is 60.9 Å². The SMILES string of the molecule is CC[C@@H]1NC(=O)[C@H]([C@H](O)[C@H](C)CCCCCCNC(=O)OC(C)(C)C)N(C)C(=O)[C@H](C(C)C)N(C)C(=O)[C@H](CC(C)C)N(C)C(=O)[C@H](CC(C)C)N(C)C(=O)[C@H](C)NC(=O)[C@@H](C)NC(=O)[C@@H](CCC(C)C)N(C)C(=O)[C@@H](C(C)C)NC(=O)[C@H](CC(C)C)N(C)C(=O)[C@@H](CO)N(C)C1=O. The molecule has 0 aromatic carbocycles. The molecule has 1 heterocycles. The molecule has 1 rings (SSSR count). The maximum atomic E-state index is 15.4. The Morgan fingerprint density at radius 3 is 1.39 bits per heavy atom. The Morgan fingerprint density at radius 2 is 0.908 bits per heavy atom. The Labute approximate surface area is 586 Å². The predicted molar refractivity (Wildman–Crippen MR) is 377 cm³/mol. The Balaban J connectivity index is 4.37. The Morgan fingerprint density at radius 1 is 0.469 bits per heavy atom. The van der Waals surface area contributed by atoms with Crippen molar-refractivity contribution in [3.63, 3.8) is 0 Å². The van der Waals surface area contributed by atoms with Gasteiger partial charge >= 0.3 is 6.09 Å². The summed E-state index contributed by atoms with van der Waals surface area (Å²) in [6, 6.07) is -14.7. The first-order chi connectivity index (χ1) is 45.2. The largest absolute Gasteiger partial charge is 0.444 e. The third-order valence-electron chi connectivity index (χ3n) is 18.4. The number of hydrogen-bond donors (Lipinski definition) is 7. The summed E-state index contributed by atoms with van der Waals surface area (Å²) in [6.45, 7) is 32.7. The molecule has 0 aromatic heterocycles. The third-order valence-corrected chi connectivity index (χ3v) is 18.4. The van der Waals surface area contributed by atoms with Crippen LogP contribution < -0.4 is 26.6 Å². The van der Waals surface area contributed by atoms with Gasteiger partial charge in [0.1, 0.15) is 72.1 Å². The van der Waals surface area contributed by atoms with Gasteiger partial charge in [-0.2, -0.15) is 0 Å². The van der Waals surface area contributed by atoms with Crippen molar-refractivity contribution in [2.75, 3.05) is 62.5 Å². The molecule has 1 aliphatic rings. The summed E-state index contributed by atoms with van der Waals surface area (Å²) >= 11 is 0.